The quantitative estimate of drug-likeness (QED) is 0.124. The lowest BCUT2D eigenvalue weighted by atomic mass is 10.1. The van der Waals surface area contributed by atoms with E-state index in [9.17, 15) is 0 Å². The first-order chi connectivity index (χ1) is 16.6. The van der Waals surface area contributed by atoms with Gasteiger partial charge in [0.25, 0.3) is 0 Å². The van der Waals surface area contributed by atoms with Crippen LogP contribution in [0.2, 0.25) is 0 Å². The summed E-state index contributed by atoms with van der Waals surface area (Å²) in [6.07, 6.45) is 0. The molecular weight excluding hydrogens is 772 g/mol. The second-order valence-corrected chi connectivity index (χ2v) is 13.7. The summed E-state index contributed by atoms with van der Waals surface area (Å²) in [5.74, 6) is 0. The van der Waals surface area contributed by atoms with Crippen molar-refractivity contribution in [2.75, 3.05) is 0 Å². The third-order valence-electron chi connectivity index (χ3n) is 6.22. The van der Waals surface area contributed by atoms with Crippen LogP contribution in [0.4, 0.5) is 0 Å². The maximum atomic E-state index is 2.56. The molecule has 0 saturated carbocycles. The molecule has 0 aromatic heterocycles. The molecule has 0 aliphatic heterocycles. The first-order valence-corrected chi connectivity index (χ1v) is 15.5. The van der Waals surface area contributed by atoms with Crippen LogP contribution in [-0.2, 0) is 0 Å². The van der Waals surface area contributed by atoms with Crippen molar-refractivity contribution in [3.05, 3.63) is 120 Å². The van der Waals surface area contributed by atoms with E-state index in [1.54, 1.807) is 0 Å². The van der Waals surface area contributed by atoms with Gasteiger partial charge in [0.2, 0.25) is 0 Å². The smallest absolute Gasteiger partial charge is 0.0220 e. The molecule has 6 aromatic rings. The van der Waals surface area contributed by atoms with Crippen molar-refractivity contribution >= 4 is 124 Å². The van der Waals surface area contributed by atoms with Crippen LogP contribution >= 0.6 is 75.7 Å². The van der Waals surface area contributed by atoms with Crippen LogP contribution in [0.5, 0.6) is 0 Å². The second-order valence-electron chi connectivity index (χ2n) is 8.19. The average molecular weight is 790 g/mol. The molecule has 0 atom stereocenters. The molecule has 0 heterocycles. The highest BCUT2D eigenvalue weighted by molar-refractivity contribution is 14.1. The molecule has 4 heteroatoms. The van der Waals surface area contributed by atoms with Crippen molar-refractivity contribution in [2.24, 2.45) is 0 Å². The molecule has 0 nitrogen and oxygen atoms in total. The van der Waals surface area contributed by atoms with E-state index in [0.29, 0.717) is 0 Å². The minimum absolute atomic E-state index is 0.830. The Morgan fingerprint density at radius 3 is 0.971 bits per heavy atom. The lowest BCUT2D eigenvalue weighted by Crippen LogP contribution is -2.27. The largest absolute Gasteiger partial charge is 0.0616 e. The first kappa shape index (κ1) is 23.1. The van der Waals surface area contributed by atoms with Gasteiger partial charge in [0.1, 0.15) is 0 Å². The van der Waals surface area contributed by atoms with Gasteiger partial charge in [-0.25, -0.2) is 0 Å². The van der Waals surface area contributed by atoms with E-state index in [1.165, 1.54) is 58.9 Å². The Labute approximate surface area is 241 Å². The molecule has 0 N–H and O–H groups in total. The van der Waals surface area contributed by atoms with E-state index in [2.05, 4.69) is 177 Å². The molecule has 6 aromatic carbocycles. The number of halogens is 3. The number of benzene rings is 6. The molecule has 0 fully saturated rings. The van der Waals surface area contributed by atoms with Crippen molar-refractivity contribution < 1.29 is 0 Å². The Kier molecular flexibility index (Phi) is 6.56. The van der Waals surface area contributed by atoms with Crippen LogP contribution < -0.4 is 15.9 Å². The summed E-state index contributed by atoms with van der Waals surface area (Å²) in [5.41, 5.74) is 0. The number of hydrogen-bond donors (Lipinski definition) is 0. The van der Waals surface area contributed by atoms with Crippen LogP contribution in [0.1, 0.15) is 0 Å². The summed E-state index contributed by atoms with van der Waals surface area (Å²) < 4.78 is 3.99. The Balaban J connectivity index is 1.84. The number of rotatable bonds is 3. The van der Waals surface area contributed by atoms with Gasteiger partial charge in [-0.15, -0.1) is 0 Å². The molecule has 164 valence electrons. The molecule has 0 amide bonds. The Morgan fingerprint density at radius 2 is 0.647 bits per heavy atom. The van der Waals surface area contributed by atoms with Gasteiger partial charge >= 0.3 is 0 Å². The zero-order valence-corrected chi connectivity index (χ0v) is 25.3. The molecule has 0 unspecified atom stereocenters. The van der Waals surface area contributed by atoms with Crippen LogP contribution in [0, 0.1) is 10.7 Å². The topological polar surface area (TPSA) is 0 Å². The Bertz CT molecular complexity index is 1500. The van der Waals surface area contributed by atoms with Crippen LogP contribution in [0.25, 0.3) is 32.3 Å². The van der Waals surface area contributed by atoms with Crippen molar-refractivity contribution in [1.29, 1.82) is 0 Å². The lowest BCUT2D eigenvalue weighted by molar-refractivity contribution is 1.71. The van der Waals surface area contributed by atoms with Gasteiger partial charge in [0, 0.05) is 26.6 Å². The summed E-state index contributed by atoms with van der Waals surface area (Å²) >= 11 is 7.68. The number of fused-ring (bicyclic) bond motifs is 3. The van der Waals surface area contributed by atoms with E-state index in [1.807, 2.05) is 0 Å². The maximum Gasteiger partial charge on any atom is 0.0220 e. The van der Waals surface area contributed by atoms with Gasteiger partial charge in [-0.1, -0.05) is 91.0 Å². The second kappa shape index (κ2) is 9.64. The zero-order valence-electron chi connectivity index (χ0n) is 18.0. The fourth-order valence-corrected chi connectivity index (χ4v) is 11.2. The summed E-state index contributed by atoms with van der Waals surface area (Å²) in [6.45, 7) is 0. The highest BCUT2D eigenvalue weighted by Crippen LogP contribution is 2.44. The molecule has 0 spiro atoms. The Morgan fingerprint density at radius 1 is 0.353 bits per heavy atom. The monoisotopic (exact) mass is 790 g/mol. The molecule has 0 saturated heterocycles. The van der Waals surface area contributed by atoms with Crippen molar-refractivity contribution in [3.8, 4) is 0 Å². The normalized spacial score (nSPS) is 11.6. The van der Waals surface area contributed by atoms with E-state index >= 15 is 0 Å². The van der Waals surface area contributed by atoms with Crippen LogP contribution in [-0.4, -0.2) is 0 Å². The van der Waals surface area contributed by atoms with Gasteiger partial charge in [-0.2, -0.15) is 0 Å². The third kappa shape index (κ3) is 3.97. The van der Waals surface area contributed by atoms with Crippen molar-refractivity contribution in [2.45, 2.75) is 0 Å². The van der Waals surface area contributed by atoms with Crippen molar-refractivity contribution in [3.63, 3.8) is 0 Å². The first-order valence-electron chi connectivity index (χ1n) is 11.0. The summed E-state index contributed by atoms with van der Waals surface area (Å²) in [5, 5.41) is 12.3. The molecule has 0 bridgehead atoms. The third-order valence-corrected chi connectivity index (χ3v) is 13.0. The number of hydrogen-bond acceptors (Lipinski definition) is 0. The molecule has 0 aliphatic rings. The summed E-state index contributed by atoms with van der Waals surface area (Å²) in [4.78, 5) is 0. The lowest BCUT2D eigenvalue weighted by Gasteiger charge is -2.27. The zero-order chi connectivity index (χ0) is 23.2. The van der Waals surface area contributed by atoms with E-state index in [0.717, 1.165) is 0 Å². The molecule has 6 rings (SSSR count). The van der Waals surface area contributed by atoms with Crippen molar-refractivity contribution in [1.82, 2.24) is 0 Å². The van der Waals surface area contributed by atoms with Gasteiger partial charge in [0.15, 0.2) is 0 Å². The van der Waals surface area contributed by atoms with Gasteiger partial charge in [-0.05, 0) is 126 Å². The highest BCUT2D eigenvalue weighted by Gasteiger charge is 2.28. The van der Waals surface area contributed by atoms with E-state index in [-0.39, 0.29) is 0 Å². The summed E-state index contributed by atoms with van der Waals surface area (Å²) in [7, 11) is -0.830. The summed E-state index contributed by atoms with van der Waals surface area (Å²) in [6, 6.07) is 40.3. The fraction of sp³-hybridized carbons (Fsp3) is 0. The standard InChI is InChI=1S/C30H18I3P/c31-25-16-13-19-7-1-4-10-22(19)28(25)34(29-23-11-5-2-8-20(23)14-17-26(29)32)30-24-12-6-3-9-21(24)15-18-27(30)33/h1-18H. The maximum absolute atomic E-state index is 2.56. The Hall–Kier alpha value is -1.28. The molecule has 34 heavy (non-hydrogen) atoms. The predicted molar refractivity (Wildman–Crippen MR) is 176 cm³/mol. The van der Waals surface area contributed by atoms with Crippen LogP contribution in [0.15, 0.2) is 109 Å². The van der Waals surface area contributed by atoms with Crippen LogP contribution in [0.3, 0.4) is 0 Å². The molecule has 0 aliphatic carbocycles. The van der Waals surface area contributed by atoms with Gasteiger partial charge in [0.05, 0.1) is 0 Å². The predicted octanol–water partition coefficient (Wildman–Crippen LogP) is 8.72. The molecular formula is C30H18I3P. The van der Waals surface area contributed by atoms with E-state index < -0.39 is 7.92 Å². The highest BCUT2D eigenvalue weighted by atomic mass is 127. The molecule has 0 radical (unpaired) electrons. The fourth-order valence-electron chi connectivity index (χ4n) is 4.70. The van der Waals surface area contributed by atoms with Gasteiger partial charge in [-0.3, -0.25) is 0 Å². The minimum Gasteiger partial charge on any atom is -0.0616 e. The average Bonchev–Trinajstić information content (AvgIpc) is 2.87. The minimum atomic E-state index is -0.830. The van der Waals surface area contributed by atoms with Gasteiger partial charge < -0.3 is 0 Å². The SMILES string of the molecule is Ic1ccc2ccccc2c1P(c1c(I)ccc2ccccc12)c1c(I)ccc2ccccc12. The van der Waals surface area contributed by atoms with E-state index in [4.69, 9.17) is 0 Å².